The predicted molar refractivity (Wildman–Crippen MR) is 97.9 cm³/mol. The molecule has 0 bridgehead atoms. The first-order valence-electron chi connectivity index (χ1n) is 9.71. The number of hydrogen-bond acceptors (Lipinski definition) is 2. The maximum Gasteiger partial charge on any atom is 0.303 e. The van der Waals surface area contributed by atoms with Crippen LogP contribution < -0.4 is 0 Å². The van der Waals surface area contributed by atoms with Gasteiger partial charge in [-0.3, -0.25) is 4.79 Å². The van der Waals surface area contributed by atoms with Crippen LogP contribution in [0.25, 0.3) is 0 Å². The molecular weight excluding hydrogens is 288 g/mol. The van der Waals surface area contributed by atoms with Gasteiger partial charge in [-0.2, -0.15) is 0 Å². The average Bonchev–Trinajstić information content (AvgIpc) is 2.49. The van der Waals surface area contributed by atoms with E-state index in [0.29, 0.717) is 12.2 Å². The fourth-order valence-electron chi connectivity index (χ4n) is 2.90. The van der Waals surface area contributed by atoms with Crippen molar-refractivity contribution in [2.45, 2.75) is 109 Å². The Morgan fingerprint density at radius 1 is 0.522 bits per heavy atom. The summed E-state index contributed by atoms with van der Waals surface area (Å²) in [6.45, 7) is 3.50. The van der Waals surface area contributed by atoms with Crippen LogP contribution in [0, 0.1) is 0 Å². The third kappa shape index (κ3) is 21.0. The summed E-state index contributed by atoms with van der Waals surface area (Å²) in [5.41, 5.74) is 0. The second-order valence-corrected chi connectivity index (χ2v) is 6.76. The monoisotopic (exact) mass is 326 g/mol. The second-order valence-electron chi connectivity index (χ2n) is 6.76. The van der Waals surface area contributed by atoms with Crippen molar-refractivity contribution in [3.63, 3.8) is 0 Å². The third-order valence-corrected chi connectivity index (χ3v) is 4.36. The van der Waals surface area contributed by atoms with E-state index in [-0.39, 0.29) is 0 Å². The lowest BCUT2D eigenvalue weighted by molar-refractivity contribution is -0.137. The topological polar surface area (TPSA) is 57.5 Å². The van der Waals surface area contributed by atoms with Crippen LogP contribution in [-0.4, -0.2) is 16.2 Å². The maximum absolute atomic E-state index is 10.4. The van der Waals surface area contributed by atoms with Gasteiger partial charge >= 0.3 is 5.97 Å². The standard InChI is InChI=1S/C20H38O3/c1-19(21)17-15-13-11-9-7-5-3-2-4-6-8-10-12-14-16-18-20(22)23/h21H,1-18H2,(H,22,23). The van der Waals surface area contributed by atoms with E-state index in [1.54, 1.807) is 0 Å². The Balaban J connectivity index is 3.00. The van der Waals surface area contributed by atoms with Gasteiger partial charge in [0.15, 0.2) is 0 Å². The molecule has 2 N–H and O–H groups in total. The molecule has 0 rings (SSSR count). The van der Waals surface area contributed by atoms with Crippen LogP contribution >= 0.6 is 0 Å². The van der Waals surface area contributed by atoms with Gasteiger partial charge in [-0.15, -0.1) is 0 Å². The number of carbonyl (C=O) groups is 1. The van der Waals surface area contributed by atoms with Crippen molar-refractivity contribution in [3.05, 3.63) is 12.3 Å². The highest BCUT2D eigenvalue weighted by atomic mass is 16.4. The lowest BCUT2D eigenvalue weighted by Gasteiger charge is -2.03. The zero-order chi connectivity index (χ0) is 17.2. The van der Waals surface area contributed by atoms with Gasteiger partial charge in [-0.05, 0) is 12.8 Å². The minimum Gasteiger partial charge on any atom is -0.513 e. The van der Waals surface area contributed by atoms with Crippen LogP contribution in [0.3, 0.4) is 0 Å². The summed E-state index contributed by atoms with van der Waals surface area (Å²) in [5, 5.41) is 17.5. The molecule has 0 saturated carbocycles. The van der Waals surface area contributed by atoms with Gasteiger partial charge in [0.05, 0.1) is 5.76 Å². The summed E-state index contributed by atoms with van der Waals surface area (Å²) < 4.78 is 0. The predicted octanol–water partition coefficient (Wildman–Crippen LogP) is 6.77. The summed E-state index contributed by atoms with van der Waals surface area (Å²) in [5.74, 6) is -0.341. The number of rotatable bonds is 18. The molecule has 136 valence electrons. The Hall–Kier alpha value is -0.990. The van der Waals surface area contributed by atoms with E-state index in [4.69, 9.17) is 10.2 Å². The first-order valence-corrected chi connectivity index (χ1v) is 9.71. The SMILES string of the molecule is C=C(O)CCCCCCCCCCCCCCCCCC(=O)O. The van der Waals surface area contributed by atoms with Crippen LogP contribution in [0.15, 0.2) is 12.3 Å². The van der Waals surface area contributed by atoms with Crippen molar-refractivity contribution in [2.75, 3.05) is 0 Å². The average molecular weight is 327 g/mol. The number of aliphatic carboxylic acids is 1. The molecule has 0 unspecified atom stereocenters. The van der Waals surface area contributed by atoms with Crippen molar-refractivity contribution >= 4 is 5.97 Å². The Kier molecular flexibility index (Phi) is 16.6. The zero-order valence-corrected chi connectivity index (χ0v) is 15.0. The van der Waals surface area contributed by atoms with Gasteiger partial charge in [0.2, 0.25) is 0 Å². The molecule has 0 spiro atoms. The van der Waals surface area contributed by atoms with Gasteiger partial charge in [0.1, 0.15) is 0 Å². The Labute approximate surface area is 143 Å². The highest BCUT2D eigenvalue weighted by molar-refractivity contribution is 5.66. The number of allylic oxidation sites excluding steroid dienone is 1. The number of unbranched alkanes of at least 4 members (excludes halogenated alkanes) is 14. The molecule has 3 nitrogen and oxygen atoms in total. The molecule has 0 aliphatic rings. The number of carboxylic acid groups (broad SMARTS) is 1. The lowest BCUT2D eigenvalue weighted by Crippen LogP contribution is -1.93. The van der Waals surface area contributed by atoms with E-state index >= 15 is 0 Å². The van der Waals surface area contributed by atoms with E-state index in [1.165, 1.54) is 77.0 Å². The maximum atomic E-state index is 10.4. The molecule has 0 amide bonds. The summed E-state index contributed by atoms with van der Waals surface area (Å²) in [6.07, 6.45) is 19.8. The minimum atomic E-state index is -0.666. The second kappa shape index (κ2) is 17.4. The highest BCUT2D eigenvalue weighted by Gasteiger charge is 1.97. The van der Waals surface area contributed by atoms with Crippen LogP contribution in [0.4, 0.5) is 0 Å². The number of aliphatic hydroxyl groups is 1. The molecule has 23 heavy (non-hydrogen) atoms. The molecule has 0 heterocycles. The van der Waals surface area contributed by atoms with Crippen LogP contribution in [0.1, 0.15) is 109 Å². The number of hydrogen-bond donors (Lipinski definition) is 2. The largest absolute Gasteiger partial charge is 0.513 e. The quantitative estimate of drug-likeness (QED) is 0.216. The Bertz CT molecular complexity index is 259. The normalized spacial score (nSPS) is 10.8. The van der Waals surface area contributed by atoms with E-state index in [1.807, 2.05) is 0 Å². The van der Waals surface area contributed by atoms with Gasteiger partial charge in [0, 0.05) is 12.8 Å². The Morgan fingerprint density at radius 2 is 0.783 bits per heavy atom. The Morgan fingerprint density at radius 3 is 1.04 bits per heavy atom. The van der Waals surface area contributed by atoms with Gasteiger partial charge in [-0.25, -0.2) is 0 Å². The molecule has 0 aliphatic carbocycles. The molecule has 0 aromatic rings. The van der Waals surface area contributed by atoms with Crippen LogP contribution in [0.2, 0.25) is 0 Å². The minimum absolute atomic E-state index is 0.324. The summed E-state index contributed by atoms with van der Waals surface area (Å²) in [4.78, 5) is 10.4. The molecule has 0 atom stereocenters. The molecule has 0 fully saturated rings. The third-order valence-electron chi connectivity index (χ3n) is 4.36. The lowest BCUT2D eigenvalue weighted by atomic mass is 10.0. The zero-order valence-electron chi connectivity index (χ0n) is 15.0. The van der Waals surface area contributed by atoms with Crippen molar-refractivity contribution in [1.82, 2.24) is 0 Å². The van der Waals surface area contributed by atoms with Crippen LogP contribution in [0.5, 0.6) is 0 Å². The van der Waals surface area contributed by atoms with E-state index in [0.717, 1.165) is 25.7 Å². The fourth-order valence-corrected chi connectivity index (χ4v) is 2.90. The number of carboxylic acids is 1. The van der Waals surface area contributed by atoms with Gasteiger partial charge in [-0.1, -0.05) is 90.0 Å². The van der Waals surface area contributed by atoms with Crippen molar-refractivity contribution in [1.29, 1.82) is 0 Å². The molecule has 0 radical (unpaired) electrons. The molecule has 3 heteroatoms. The fraction of sp³-hybridized carbons (Fsp3) is 0.850. The number of aliphatic hydroxyl groups excluding tert-OH is 1. The van der Waals surface area contributed by atoms with Gasteiger partial charge in [0.25, 0.3) is 0 Å². The van der Waals surface area contributed by atoms with E-state index in [9.17, 15) is 4.79 Å². The van der Waals surface area contributed by atoms with E-state index < -0.39 is 5.97 Å². The molecular formula is C20H38O3. The molecule has 0 aliphatic heterocycles. The first kappa shape index (κ1) is 22.0. The molecule has 0 saturated heterocycles. The molecule has 0 aromatic carbocycles. The summed E-state index contributed by atoms with van der Waals surface area (Å²) in [7, 11) is 0. The highest BCUT2D eigenvalue weighted by Crippen LogP contribution is 2.14. The smallest absolute Gasteiger partial charge is 0.303 e. The van der Waals surface area contributed by atoms with Gasteiger partial charge < -0.3 is 10.2 Å². The van der Waals surface area contributed by atoms with Crippen LogP contribution in [-0.2, 0) is 4.79 Å². The van der Waals surface area contributed by atoms with Crippen molar-refractivity contribution < 1.29 is 15.0 Å². The first-order chi connectivity index (χ1) is 11.1. The van der Waals surface area contributed by atoms with Crippen molar-refractivity contribution in [3.8, 4) is 0 Å². The summed E-state index contributed by atoms with van der Waals surface area (Å²) >= 11 is 0. The van der Waals surface area contributed by atoms with E-state index in [2.05, 4.69) is 6.58 Å². The van der Waals surface area contributed by atoms with Crippen molar-refractivity contribution in [2.24, 2.45) is 0 Å². The summed E-state index contributed by atoms with van der Waals surface area (Å²) in [6, 6.07) is 0. The molecule has 0 aromatic heterocycles.